The minimum absolute atomic E-state index is 0. The second-order valence-corrected chi connectivity index (χ2v) is 10.3. The summed E-state index contributed by atoms with van der Waals surface area (Å²) >= 11 is 0. The molecule has 0 aliphatic heterocycles. The molecule has 0 radical (unpaired) electrons. The Balaban J connectivity index is 0.000000204. The van der Waals surface area contributed by atoms with Crippen molar-refractivity contribution in [3.8, 4) is 34.2 Å². The predicted molar refractivity (Wildman–Crippen MR) is 183 cm³/mol. The SMILES string of the molecule is CCC(=O)NCCCCc1ccnc(-c2cc(C)ccn2)c1.[Ru].c1ccc(-c2ccccn2)nc1.c1ccc(-c2ccccn2)nc1. The molecule has 0 unspecified atom stereocenters. The molecular weight excluding hydrogens is 672 g/mol. The van der Waals surface area contributed by atoms with Gasteiger partial charge in [-0.2, -0.15) is 0 Å². The number of pyridine rings is 6. The summed E-state index contributed by atoms with van der Waals surface area (Å²) in [5.41, 5.74) is 7.93. The number of rotatable bonds is 9. The molecule has 6 aromatic heterocycles. The standard InChI is InChI=1S/C18H23N3O.2C10H8N2.Ru/c1-3-18(22)21-9-5-4-6-15-8-11-20-17(13-15)16-12-14(2)7-10-19-16;2*1-3-7-11-9(5-1)10-6-2-4-8-12-10;/h7-8,10-13H,3-6,9H2,1-2H3,(H,21,22);2*1-8H;. The number of unbranched alkanes of at least 4 members (excludes halogenated alkanes) is 1. The Morgan fingerprint density at radius 3 is 1.43 bits per heavy atom. The number of aromatic nitrogens is 6. The van der Waals surface area contributed by atoms with Crippen LogP contribution < -0.4 is 5.32 Å². The summed E-state index contributed by atoms with van der Waals surface area (Å²) in [6.45, 7) is 4.68. The van der Waals surface area contributed by atoms with Gasteiger partial charge in [-0.05, 0) is 110 Å². The third-order valence-corrected chi connectivity index (χ3v) is 6.72. The number of aryl methyl sites for hydroxylation is 2. The summed E-state index contributed by atoms with van der Waals surface area (Å²) in [4.78, 5) is 36.7. The van der Waals surface area contributed by atoms with E-state index in [1.807, 2.05) is 110 Å². The minimum Gasteiger partial charge on any atom is -0.356 e. The van der Waals surface area contributed by atoms with E-state index in [4.69, 9.17) is 0 Å². The topological polar surface area (TPSA) is 106 Å². The first-order valence-corrected chi connectivity index (χ1v) is 15.4. The summed E-state index contributed by atoms with van der Waals surface area (Å²) in [5.74, 6) is 0.122. The molecule has 0 saturated carbocycles. The monoisotopic (exact) mass is 711 g/mol. The van der Waals surface area contributed by atoms with Gasteiger partial charge >= 0.3 is 0 Å². The number of carbonyl (C=O) groups is 1. The second kappa shape index (κ2) is 20.9. The Bertz CT molecular complexity index is 1580. The molecule has 9 heteroatoms. The minimum atomic E-state index is 0. The third kappa shape index (κ3) is 13.1. The fraction of sp³-hybridized carbons (Fsp3) is 0.184. The summed E-state index contributed by atoms with van der Waals surface area (Å²) in [6, 6.07) is 31.4. The Hall–Kier alpha value is -5.01. The van der Waals surface area contributed by atoms with Crippen LogP contribution in [0.25, 0.3) is 34.2 Å². The molecule has 47 heavy (non-hydrogen) atoms. The van der Waals surface area contributed by atoms with Gasteiger partial charge in [0.05, 0.1) is 34.2 Å². The first kappa shape index (κ1) is 36.5. The molecule has 6 heterocycles. The van der Waals surface area contributed by atoms with Crippen LogP contribution >= 0.6 is 0 Å². The van der Waals surface area contributed by atoms with Crippen LogP contribution in [0.2, 0.25) is 0 Å². The van der Waals surface area contributed by atoms with Gasteiger partial charge in [0.2, 0.25) is 5.91 Å². The van der Waals surface area contributed by atoms with E-state index >= 15 is 0 Å². The zero-order chi connectivity index (χ0) is 32.2. The van der Waals surface area contributed by atoms with E-state index in [0.717, 1.165) is 60.0 Å². The third-order valence-electron chi connectivity index (χ3n) is 6.72. The van der Waals surface area contributed by atoms with Gasteiger partial charge in [-0.25, -0.2) is 0 Å². The smallest absolute Gasteiger partial charge is 0.219 e. The van der Waals surface area contributed by atoms with E-state index in [1.54, 1.807) is 24.8 Å². The van der Waals surface area contributed by atoms with Crippen molar-refractivity contribution in [3.63, 3.8) is 0 Å². The fourth-order valence-electron chi connectivity index (χ4n) is 4.31. The molecule has 0 atom stereocenters. The molecule has 1 amide bonds. The number of carbonyl (C=O) groups excluding carboxylic acids is 1. The van der Waals surface area contributed by atoms with Gasteiger partial charge < -0.3 is 5.32 Å². The van der Waals surface area contributed by atoms with Crippen LogP contribution in [0, 0.1) is 6.92 Å². The normalized spacial score (nSPS) is 9.83. The Morgan fingerprint density at radius 2 is 1.00 bits per heavy atom. The first-order chi connectivity index (χ1) is 22.6. The van der Waals surface area contributed by atoms with Crippen LogP contribution in [0.3, 0.4) is 0 Å². The van der Waals surface area contributed by atoms with Crippen molar-refractivity contribution in [2.75, 3.05) is 6.54 Å². The van der Waals surface area contributed by atoms with Crippen LogP contribution in [0.1, 0.15) is 37.3 Å². The quantitative estimate of drug-likeness (QED) is 0.122. The van der Waals surface area contributed by atoms with Crippen LogP contribution in [0.15, 0.2) is 134 Å². The molecule has 1 N–H and O–H groups in total. The number of hydrogen-bond acceptors (Lipinski definition) is 7. The fourth-order valence-corrected chi connectivity index (χ4v) is 4.31. The van der Waals surface area contributed by atoms with Gasteiger partial charge in [0.25, 0.3) is 0 Å². The molecular formula is C38H39N7ORu. The largest absolute Gasteiger partial charge is 0.356 e. The van der Waals surface area contributed by atoms with Gasteiger partial charge in [-0.3, -0.25) is 34.7 Å². The molecule has 0 spiro atoms. The van der Waals surface area contributed by atoms with Crippen molar-refractivity contribution in [1.82, 2.24) is 35.2 Å². The Kier molecular flexibility index (Phi) is 16.2. The van der Waals surface area contributed by atoms with Crippen LogP contribution in [-0.2, 0) is 30.7 Å². The van der Waals surface area contributed by atoms with Crippen molar-refractivity contribution in [1.29, 1.82) is 0 Å². The molecule has 0 aliphatic rings. The molecule has 6 aromatic rings. The molecule has 240 valence electrons. The summed E-state index contributed by atoms with van der Waals surface area (Å²) in [5, 5.41) is 2.90. The molecule has 0 aromatic carbocycles. The van der Waals surface area contributed by atoms with E-state index < -0.39 is 0 Å². The van der Waals surface area contributed by atoms with Gasteiger partial charge in [0, 0.05) is 69.6 Å². The van der Waals surface area contributed by atoms with Gasteiger partial charge in [0.1, 0.15) is 0 Å². The van der Waals surface area contributed by atoms with Gasteiger partial charge in [-0.15, -0.1) is 0 Å². The molecule has 0 saturated heterocycles. The molecule has 0 aliphatic carbocycles. The van der Waals surface area contributed by atoms with Crippen molar-refractivity contribution >= 4 is 5.91 Å². The number of nitrogens with zero attached hydrogens (tertiary/aromatic N) is 6. The zero-order valence-electron chi connectivity index (χ0n) is 26.7. The number of nitrogens with one attached hydrogen (secondary N) is 1. The Labute approximate surface area is 290 Å². The maximum absolute atomic E-state index is 11.1. The van der Waals surface area contributed by atoms with Crippen LogP contribution in [0.5, 0.6) is 0 Å². The van der Waals surface area contributed by atoms with Gasteiger partial charge in [0.15, 0.2) is 0 Å². The average molecular weight is 711 g/mol. The van der Waals surface area contributed by atoms with Crippen LogP contribution in [-0.4, -0.2) is 42.4 Å². The second-order valence-electron chi connectivity index (χ2n) is 10.3. The summed E-state index contributed by atoms with van der Waals surface area (Å²) < 4.78 is 0. The van der Waals surface area contributed by atoms with Crippen LogP contribution in [0.4, 0.5) is 0 Å². The number of hydrogen-bond donors (Lipinski definition) is 1. The van der Waals surface area contributed by atoms with Crippen molar-refractivity contribution in [3.05, 3.63) is 145 Å². The molecule has 6 rings (SSSR count). The maximum atomic E-state index is 11.1. The zero-order valence-corrected chi connectivity index (χ0v) is 28.4. The number of amides is 1. The summed E-state index contributed by atoms with van der Waals surface area (Å²) in [7, 11) is 0. The first-order valence-electron chi connectivity index (χ1n) is 15.4. The Morgan fingerprint density at radius 1 is 0.553 bits per heavy atom. The predicted octanol–water partition coefficient (Wildman–Crippen LogP) is 7.59. The van der Waals surface area contributed by atoms with E-state index in [1.165, 1.54) is 11.1 Å². The van der Waals surface area contributed by atoms with Crippen molar-refractivity contribution < 1.29 is 24.3 Å². The van der Waals surface area contributed by atoms with Crippen molar-refractivity contribution in [2.24, 2.45) is 0 Å². The van der Waals surface area contributed by atoms with Crippen molar-refractivity contribution in [2.45, 2.75) is 39.5 Å². The molecule has 0 bridgehead atoms. The van der Waals surface area contributed by atoms with E-state index in [2.05, 4.69) is 48.2 Å². The van der Waals surface area contributed by atoms with E-state index in [9.17, 15) is 4.79 Å². The molecule has 8 nitrogen and oxygen atoms in total. The average Bonchev–Trinajstić information content (AvgIpc) is 3.13. The van der Waals surface area contributed by atoms with Gasteiger partial charge in [-0.1, -0.05) is 31.2 Å². The van der Waals surface area contributed by atoms with E-state index in [-0.39, 0.29) is 25.4 Å². The van der Waals surface area contributed by atoms with E-state index in [0.29, 0.717) is 6.42 Å². The maximum Gasteiger partial charge on any atom is 0.219 e. The molecule has 0 fully saturated rings. The summed E-state index contributed by atoms with van der Waals surface area (Å²) in [6.07, 6.45) is 14.3.